The molecule has 1 amide bonds. The van der Waals surface area contributed by atoms with Gasteiger partial charge in [-0.15, -0.1) is 0 Å². The Hall–Kier alpha value is -2.13. The van der Waals surface area contributed by atoms with E-state index in [-0.39, 0.29) is 4.90 Å². The number of piperazine rings is 1. The molecule has 0 atom stereocenters. The summed E-state index contributed by atoms with van der Waals surface area (Å²) >= 11 is 5.91. The highest BCUT2D eigenvalue weighted by atomic mass is 35.5. The molecule has 2 aromatic rings. The fourth-order valence-electron chi connectivity index (χ4n) is 3.00. The smallest absolute Gasteiger partial charge is 0.411 e. The van der Waals surface area contributed by atoms with E-state index in [1.54, 1.807) is 12.1 Å². The predicted molar refractivity (Wildman–Crippen MR) is 108 cm³/mol. The van der Waals surface area contributed by atoms with Gasteiger partial charge in [-0.05, 0) is 42.0 Å². The Morgan fingerprint density at radius 3 is 2.21 bits per heavy atom. The SMILES string of the molecule is COC(=O)Nc1ccc(S(=O)(=O)N2CCN(Cc3ccc(Cl)cc3)CC2)cc1. The number of methoxy groups -OCH3 is 1. The Bertz CT molecular complexity index is 909. The largest absolute Gasteiger partial charge is 0.453 e. The number of carbonyl (C=O) groups is 1. The fourth-order valence-corrected chi connectivity index (χ4v) is 4.55. The molecule has 28 heavy (non-hydrogen) atoms. The van der Waals surface area contributed by atoms with Crippen LogP contribution in [0.1, 0.15) is 5.56 Å². The van der Waals surface area contributed by atoms with Crippen LogP contribution in [-0.4, -0.2) is 57.0 Å². The number of amides is 1. The molecule has 1 N–H and O–H groups in total. The Morgan fingerprint density at radius 1 is 1.04 bits per heavy atom. The van der Waals surface area contributed by atoms with Crippen molar-refractivity contribution in [2.45, 2.75) is 11.4 Å². The molecule has 1 aliphatic heterocycles. The summed E-state index contributed by atoms with van der Waals surface area (Å²) in [7, 11) is -2.30. The second kappa shape index (κ2) is 8.91. The molecule has 1 aliphatic rings. The predicted octanol–water partition coefficient (Wildman–Crippen LogP) is 3.02. The molecule has 0 aromatic heterocycles. The Morgan fingerprint density at radius 2 is 1.64 bits per heavy atom. The van der Waals surface area contributed by atoms with Crippen molar-refractivity contribution >= 4 is 33.4 Å². The number of hydrogen-bond acceptors (Lipinski definition) is 5. The van der Waals surface area contributed by atoms with Crippen LogP contribution < -0.4 is 5.32 Å². The summed E-state index contributed by atoms with van der Waals surface area (Å²) in [6.45, 7) is 2.93. The lowest BCUT2D eigenvalue weighted by Gasteiger charge is -2.34. The van der Waals surface area contributed by atoms with Gasteiger partial charge < -0.3 is 4.74 Å². The third-order valence-corrected chi connectivity index (χ3v) is 6.74. The number of nitrogens with one attached hydrogen (secondary N) is 1. The summed E-state index contributed by atoms with van der Waals surface area (Å²) in [6, 6.07) is 13.7. The van der Waals surface area contributed by atoms with Gasteiger partial charge in [0.1, 0.15) is 0 Å². The molecule has 1 fully saturated rings. The summed E-state index contributed by atoms with van der Waals surface area (Å²) in [4.78, 5) is 13.6. The molecule has 0 aliphatic carbocycles. The van der Waals surface area contributed by atoms with Gasteiger partial charge in [-0.3, -0.25) is 10.2 Å². The van der Waals surface area contributed by atoms with Crippen LogP contribution in [0.5, 0.6) is 0 Å². The van der Waals surface area contributed by atoms with Gasteiger partial charge in [-0.25, -0.2) is 13.2 Å². The van der Waals surface area contributed by atoms with Crippen molar-refractivity contribution in [3.8, 4) is 0 Å². The summed E-state index contributed by atoms with van der Waals surface area (Å²) in [5.41, 5.74) is 1.62. The number of benzene rings is 2. The zero-order valence-electron chi connectivity index (χ0n) is 15.5. The van der Waals surface area contributed by atoms with Gasteiger partial charge in [-0.2, -0.15) is 4.31 Å². The summed E-state index contributed by atoms with van der Waals surface area (Å²) in [5, 5.41) is 3.20. The van der Waals surface area contributed by atoms with Gasteiger partial charge in [0.25, 0.3) is 0 Å². The molecular weight excluding hydrogens is 402 g/mol. The first kappa shape index (κ1) is 20.6. The van der Waals surface area contributed by atoms with E-state index in [0.717, 1.165) is 12.1 Å². The molecule has 7 nitrogen and oxygen atoms in total. The minimum atomic E-state index is -3.57. The topological polar surface area (TPSA) is 78.9 Å². The first-order chi connectivity index (χ1) is 13.4. The average Bonchev–Trinajstić information content (AvgIpc) is 2.70. The molecular formula is C19H22ClN3O4S. The Labute approximate surface area is 169 Å². The number of ether oxygens (including phenoxy) is 1. The van der Waals surface area contributed by atoms with Crippen LogP contribution in [0.15, 0.2) is 53.4 Å². The summed E-state index contributed by atoms with van der Waals surface area (Å²) in [5.74, 6) is 0. The van der Waals surface area contributed by atoms with Gasteiger partial charge in [0.2, 0.25) is 10.0 Å². The summed E-state index contributed by atoms with van der Waals surface area (Å²) < 4.78 is 31.7. The van der Waals surface area contributed by atoms with Crippen LogP contribution in [0.4, 0.5) is 10.5 Å². The summed E-state index contributed by atoms with van der Waals surface area (Å²) in [6.07, 6.45) is -0.604. The number of sulfonamides is 1. The highest BCUT2D eigenvalue weighted by molar-refractivity contribution is 7.89. The molecule has 0 unspecified atom stereocenters. The van der Waals surface area contributed by atoms with Crippen molar-refractivity contribution in [3.05, 3.63) is 59.1 Å². The second-order valence-corrected chi connectivity index (χ2v) is 8.82. The standard InChI is InChI=1S/C19H22ClN3O4S/c1-27-19(24)21-17-6-8-18(9-7-17)28(25,26)23-12-10-22(11-13-23)14-15-2-4-16(20)5-3-15/h2-9H,10-14H2,1H3,(H,21,24). The Kier molecular flexibility index (Phi) is 6.56. The van der Waals surface area contributed by atoms with E-state index in [2.05, 4.69) is 15.0 Å². The van der Waals surface area contributed by atoms with Crippen molar-refractivity contribution in [1.82, 2.24) is 9.21 Å². The van der Waals surface area contributed by atoms with Gasteiger partial charge in [0.05, 0.1) is 12.0 Å². The van der Waals surface area contributed by atoms with Crippen molar-refractivity contribution < 1.29 is 17.9 Å². The normalized spacial score (nSPS) is 15.9. The lowest BCUT2D eigenvalue weighted by Crippen LogP contribution is -2.48. The number of carbonyl (C=O) groups excluding carboxylic acids is 1. The van der Waals surface area contributed by atoms with Crippen molar-refractivity contribution in [2.75, 3.05) is 38.6 Å². The number of hydrogen-bond donors (Lipinski definition) is 1. The molecule has 0 spiro atoms. The van der Waals surface area contributed by atoms with Crippen molar-refractivity contribution in [1.29, 1.82) is 0 Å². The molecule has 2 aromatic carbocycles. The zero-order valence-corrected chi connectivity index (χ0v) is 17.0. The van der Waals surface area contributed by atoms with E-state index in [4.69, 9.17) is 11.6 Å². The van der Waals surface area contributed by atoms with Crippen LogP contribution in [0, 0.1) is 0 Å². The first-order valence-corrected chi connectivity index (χ1v) is 10.6. The van der Waals surface area contributed by atoms with Crippen molar-refractivity contribution in [2.24, 2.45) is 0 Å². The van der Waals surface area contributed by atoms with E-state index in [1.165, 1.54) is 23.5 Å². The number of halogens is 1. The number of rotatable bonds is 5. The lowest BCUT2D eigenvalue weighted by molar-refractivity contribution is 0.181. The van der Waals surface area contributed by atoms with Gasteiger partial charge in [-0.1, -0.05) is 23.7 Å². The third-order valence-electron chi connectivity index (χ3n) is 4.57. The maximum Gasteiger partial charge on any atom is 0.411 e. The first-order valence-electron chi connectivity index (χ1n) is 8.80. The van der Waals surface area contributed by atoms with Crippen LogP contribution in [0.3, 0.4) is 0 Å². The highest BCUT2D eigenvalue weighted by Crippen LogP contribution is 2.21. The van der Waals surface area contributed by atoms with Crippen LogP contribution in [0.25, 0.3) is 0 Å². The monoisotopic (exact) mass is 423 g/mol. The number of anilines is 1. The maximum atomic E-state index is 12.9. The minimum absolute atomic E-state index is 0.203. The number of nitrogens with zero attached hydrogens (tertiary/aromatic N) is 2. The van der Waals surface area contributed by atoms with Gasteiger partial charge >= 0.3 is 6.09 Å². The molecule has 1 heterocycles. The fraction of sp³-hybridized carbons (Fsp3) is 0.316. The van der Waals surface area contributed by atoms with Gasteiger partial charge in [0.15, 0.2) is 0 Å². The molecule has 3 rings (SSSR count). The molecule has 0 saturated carbocycles. The molecule has 150 valence electrons. The van der Waals surface area contributed by atoms with E-state index in [1.807, 2.05) is 24.3 Å². The van der Waals surface area contributed by atoms with E-state index >= 15 is 0 Å². The maximum absolute atomic E-state index is 12.9. The quantitative estimate of drug-likeness (QED) is 0.799. The van der Waals surface area contributed by atoms with Crippen LogP contribution >= 0.6 is 11.6 Å². The van der Waals surface area contributed by atoms with E-state index in [9.17, 15) is 13.2 Å². The average molecular weight is 424 g/mol. The molecule has 9 heteroatoms. The highest BCUT2D eigenvalue weighted by Gasteiger charge is 2.28. The van der Waals surface area contributed by atoms with Crippen LogP contribution in [0.2, 0.25) is 5.02 Å². The molecule has 0 radical (unpaired) electrons. The van der Waals surface area contributed by atoms with Crippen LogP contribution in [-0.2, 0) is 21.3 Å². The van der Waals surface area contributed by atoms with Gasteiger partial charge in [0, 0.05) is 43.4 Å². The van der Waals surface area contributed by atoms with Crippen molar-refractivity contribution in [3.63, 3.8) is 0 Å². The van der Waals surface area contributed by atoms with E-state index in [0.29, 0.717) is 36.9 Å². The second-order valence-electron chi connectivity index (χ2n) is 6.45. The molecule has 1 saturated heterocycles. The lowest BCUT2D eigenvalue weighted by atomic mass is 10.2. The Balaban J connectivity index is 1.59. The van der Waals surface area contributed by atoms with E-state index < -0.39 is 16.1 Å². The third kappa shape index (κ3) is 5.02. The molecule has 0 bridgehead atoms. The zero-order chi connectivity index (χ0) is 20.1. The minimum Gasteiger partial charge on any atom is -0.453 e.